The van der Waals surface area contributed by atoms with Crippen molar-refractivity contribution in [2.75, 3.05) is 21.2 Å². The second-order valence-corrected chi connectivity index (χ2v) is 8.98. The minimum Gasteiger partial charge on any atom is -0.493 e. The zero-order chi connectivity index (χ0) is 20.3. The highest BCUT2D eigenvalue weighted by Crippen LogP contribution is 2.38. The van der Waals surface area contributed by atoms with Gasteiger partial charge < -0.3 is 15.0 Å². The maximum absolute atomic E-state index is 13.3. The molecule has 1 amide bonds. The number of carbonyl (C=O) groups excluding carboxylic acids is 1. The number of methoxy groups -OCH3 is 1. The lowest BCUT2D eigenvalue weighted by molar-refractivity contribution is 0.0904. The molecule has 1 fully saturated rings. The fourth-order valence-electron chi connectivity index (χ4n) is 4.16. The molecule has 0 spiro atoms. The van der Waals surface area contributed by atoms with E-state index in [1.54, 1.807) is 5.38 Å². The predicted octanol–water partition coefficient (Wildman–Crippen LogP) is 5.14. The maximum Gasteiger partial charge on any atom is 0.256 e. The summed E-state index contributed by atoms with van der Waals surface area (Å²) in [6, 6.07) is 7.19. The summed E-state index contributed by atoms with van der Waals surface area (Å²) in [4.78, 5) is 14.8. The van der Waals surface area contributed by atoms with E-state index in [1.165, 1.54) is 30.6 Å². The molecule has 1 aliphatic carbocycles. The van der Waals surface area contributed by atoms with Crippen molar-refractivity contribution in [1.82, 2.24) is 10.2 Å². The van der Waals surface area contributed by atoms with E-state index in [0.29, 0.717) is 21.6 Å². The first-order chi connectivity index (χ1) is 13.4. The number of rotatable bonds is 6. The third-order valence-electron chi connectivity index (χ3n) is 5.47. The van der Waals surface area contributed by atoms with Gasteiger partial charge in [0.15, 0.2) is 5.75 Å². The van der Waals surface area contributed by atoms with Gasteiger partial charge in [-0.1, -0.05) is 23.7 Å². The molecule has 1 atom stereocenters. The Morgan fingerprint density at radius 1 is 1.25 bits per heavy atom. The molecule has 0 aliphatic heterocycles. The molecule has 152 valence electrons. The minimum atomic E-state index is -0.211. The summed E-state index contributed by atoms with van der Waals surface area (Å²) in [6.45, 7) is 0. The van der Waals surface area contributed by atoms with Gasteiger partial charge in [-0.2, -0.15) is 0 Å². The van der Waals surface area contributed by atoms with Crippen LogP contribution in [0.4, 0.5) is 4.39 Å². The zero-order valence-electron chi connectivity index (χ0n) is 16.4. The highest BCUT2D eigenvalue weighted by Gasteiger charge is 2.31. The number of carbonyl (C=O) groups is 1. The fourth-order valence-corrected chi connectivity index (χ4v) is 5.21. The summed E-state index contributed by atoms with van der Waals surface area (Å²) in [5, 5.41) is 4.86. The average molecular weight is 425 g/mol. The molecule has 1 heterocycles. The molecular formula is C21H26ClFN2O2S. The Hall–Kier alpha value is -1.63. The number of halogens is 2. The third kappa shape index (κ3) is 4.67. The molecule has 0 radical (unpaired) electrons. The molecule has 0 saturated heterocycles. The predicted molar refractivity (Wildman–Crippen MR) is 112 cm³/mol. The van der Waals surface area contributed by atoms with Gasteiger partial charge in [0, 0.05) is 17.5 Å². The Kier molecular flexibility index (Phi) is 6.96. The van der Waals surface area contributed by atoms with Crippen LogP contribution in [0.25, 0.3) is 0 Å². The monoisotopic (exact) mass is 424 g/mol. The van der Waals surface area contributed by atoms with Crippen LogP contribution in [0, 0.1) is 11.7 Å². The van der Waals surface area contributed by atoms with Crippen LogP contribution in [0.3, 0.4) is 0 Å². The normalized spacial score (nSPS) is 20.8. The summed E-state index contributed by atoms with van der Waals surface area (Å²) < 4.78 is 19.0. The first-order valence-electron chi connectivity index (χ1n) is 9.44. The third-order valence-corrected chi connectivity index (χ3v) is 6.66. The molecule has 1 aromatic carbocycles. The highest BCUT2D eigenvalue weighted by molar-refractivity contribution is 7.15. The zero-order valence-corrected chi connectivity index (χ0v) is 17.9. The van der Waals surface area contributed by atoms with Crippen molar-refractivity contribution in [1.29, 1.82) is 0 Å². The minimum absolute atomic E-state index is 0.133. The second-order valence-electron chi connectivity index (χ2n) is 7.50. The molecule has 2 aromatic rings. The van der Waals surface area contributed by atoms with Gasteiger partial charge in [-0.3, -0.25) is 4.79 Å². The fraction of sp³-hybridized carbons (Fsp3) is 0.476. The molecule has 1 saturated carbocycles. The van der Waals surface area contributed by atoms with Crippen LogP contribution in [0.2, 0.25) is 4.34 Å². The van der Waals surface area contributed by atoms with Gasteiger partial charge in [0.2, 0.25) is 0 Å². The van der Waals surface area contributed by atoms with Gasteiger partial charge in [-0.05, 0) is 63.4 Å². The van der Waals surface area contributed by atoms with Crippen LogP contribution in [-0.2, 0) is 0 Å². The average Bonchev–Trinajstić information content (AvgIpc) is 3.05. The Morgan fingerprint density at radius 3 is 2.46 bits per heavy atom. The lowest BCUT2D eigenvalue weighted by Crippen LogP contribution is -2.39. The molecule has 7 heteroatoms. The quantitative estimate of drug-likeness (QED) is 0.698. The van der Waals surface area contributed by atoms with Crippen LogP contribution in [0.15, 0.2) is 29.6 Å². The largest absolute Gasteiger partial charge is 0.493 e. The Morgan fingerprint density at radius 2 is 1.89 bits per heavy atom. The summed E-state index contributed by atoms with van der Waals surface area (Å²) in [7, 11) is 5.65. The number of amides is 1. The first kappa shape index (κ1) is 21.1. The van der Waals surface area contributed by atoms with Crippen LogP contribution >= 0.6 is 22.9 Å². The van der Waals surface area contributed by atoms with Crippen molar-refractivity contribution in [2.45, 2.75) is 37.8 Å². The number of nitrogens with one attached hydrogen (secondary N) is 1. The van der Waals surface area contributed by atoms with Crippen LogP contribution in [-0.4, -0.2) is 38.1 Å². The Labute approximate surface area is 174 Å². The Balaban J connectivity index is 1.61. The van der Waals surface area contributed by atoms with Gasteiger partial charge in [0.1, 0.15) is 10.2 Å². The summed E-state index contributed by atoms with van der Waals surface area (Å²) in [5.41, 5.74) is 1.63. The molecule has 1 aromatic heterocycles. The summed E-state index contributed by atoms with van der Waals surface area (Å²) in [5.74, 6) is 0.573. The molecule has 1 aliphatic rings. The van der Waals surface area contributed by atoms with Crippen molar-refractivity contribution < 1.29 is 13.9 Å². The van der Waals surface area contributed by atoms with Crippen LogP contribution < -0.4 is 10.1 Å². The van der Waals surface area contributed by atoms with E-state index >= 15 is 0 Å². The Bertz CT molecular complexity index is 801. The number of ether oxygens (including phenoxy) is 1. The van der Waals surface area contributed by atoms with Crippen LogP contribution in [0.5, 0.6) is 5.75 Å². The van der Waals surface area contributed by atoms with Crippen molar-refractivity contribution >= 4 is 28.8 Å². The molecule has 0 bridgehead atoms. The molecule has 1 N–H and O–H groups in total. The van der Waals surface area contributed by atoms with E-state index in [9.17, 15) is 9.18 Å². The number of thiophene rings is 1. The van der Waals surface area contributed by atoms with Crippen molar-refractivity contribution in [3.8, 4) is 5.75 Å². The first-order valence-corrected chi connectivity index (χ1v) is 10.7. The standard InChI is InChI=1S/C21H26ClFN2O2S/c1-25(2)18(13-4-8-15(23)9-5-13)14-6-10-16(11-7-14)24-21(26)17-12-28-20(22)19(17)27-3/h4-5,8-9,12,14,16,18H,6-7,10-11H2,1-3H3,(H,24,26). The molecule has 1 unspecified atom stereocenters. The molecule has 28 heavy (non-hydrogen) atoms. The topological polar surface area (TPSA) is 41.6 Å². The summed E-state index contributed by atoms with van der Waals surface area (Å²) in [6.07, 6.45) is 3.85. The maximum atomic E-state index is 13.3. The van der Waals surface area contributed by atoms with Gasteiger partial charge in [-0.25, -0.2) is 4.39 Å². The number of hydrogen-bond acceptors (Lipinski definition) is 4. The van der Waals surface area contributed by atoms with Crippen molar-refractivity contribution in [2.24, 2.45) is 5.92 Å². The molecule has 3 rings (SSSR count). The van der Waals surface area contributed by atoms with Gasteiger partial charge in [0.25, 0.3) is 5.91 Å². The summed E-state index contributed by atoms with van der Waals surface area (Å²) >= 11 is 7.37. The molecule has 4 nitrogen and oxygen atoms in total. The van der Waals surface area contributed by atoms with E-state index in [4.69, 9.17) is 16.3 Å². The van der Waals surface area contributed by atoms with E-state index in [-0.39, 0.29) is 23.8 Å². The van der Waals surface area contributed by atoms with Gasteiger partial charge in [-0.15, -0.1) is 11.3 Å². The van der Waals surface area contributed by atoms with E-state index < -0.39 is 0 Å². The highest BCUT2D eigenvalue weighted by atomic mass is 35.5. The van der Waals surface area contributed by atoms with E-state index in [1.807, 2.05) is 12.1 Å². The second kappa shape index (κ2) is 9.25. The lowest BCUT2D eigenvalue weighted by atomic mass is 9.78. The van der Waals surface area contributed by atoms with Crippen molar-refractivity contribution in [3.05, 3.63) is 50.9 Å². The van der Waals surface area contributed by atoms with Gasteiger partial charge >= 0.3 is 0 Å². The lowest BCUT2D eigenvalue weighted by Gasteiger charge is -2.37. The SMILES string of the molecule is COc1c(C(=O)NC2CCC(C(c3ccc(F)cc3)N(C)C)CC2)csc1Cl. The molecular weight excluding hydrogens is 399 g/mol. The number of hydrogen-bond donors (Lipinski definition) is 1. The smallest absolute Gasteiger partial charge is 0.256 e. The van der Waals surface area contributed by atoms with Gasteiger partial charge in [0.05, 0.1) is 12.7 Å². The number of nitrogens with zero attached hydrogens (tertiary/aromatic N) is 1. The van der Waals surface area contributed by atoms with Crippen LogP contribution in [0.1, 0.15) is 47.6 Å². The van der Waals surface area contributed by atoms with Crippen molar-refractivity contribution in [3.63, 3.8) is 0 Å². The number of benzene rings is 1. The van der Waals surface area contributed by atoms with E-state index in [0.717, 1.165) is 31.2 Å². The van der Waals surface area contributed by atoms with E-state index in [2.05, 4.69) is 24.3 Å².